The molecule has 0 atom stereocenters. The van der Waals surface area contributed by atoms with Gasteiger partial charge in [-0.1, -0.05) is 6.07 Å². The van der Waals surface area contributed by atoms with E-state index in [1.807, 2.05) is 19.1 Å². The molecule has 0 aliphatic carbocycles. The maximum absolute atomic E-state index is 11.3. The fraction of sp³-hybridized carbons (Fsp3) is 0.273. The van der Waals surface area contributed by atoms with Crippen molar-refractivity contribution in [2.75, 3.05) is 5.32 Å². The summed E-state index contributed by atoms with van der Waals surface area (Å²) in [6.07, 6.45) is -0.0830. The zero-order valence-corrected chi connectivity index (χ0v) is 10.2. The molecule has 80 valence electrons. The van der Waals surface area contributed by atoms with E-state index >= 15 is 0 Å². The van der Waals surface area contributed by atoms with Crippen molar-refractivity contribution in [3.63, 3.8) is 0 Å². The van der Waals surface area contributed by atoms with Gasteiger partial charge in [0, 0.05) is 4.47 Å². The second kappa shape index (κ2) is 5.07. The second-order valence-corrected chi connectivity index (χ2v) is 4.26. The van der Waals surface area contributed by atoms with Gasteiger partial charge in [0.1, 0.15) is 5.78 Å². The number of amides is 1. The van der Waals surface area contributed by atoms with E-state index in [2.05, 4.69) is 21.2 Å². The molecule has 0 aromatic heterocycles. The lowest BCUT2D eigenvalue weighted by Crippen LogP contribution is -2.14. The summed E-state index contributed by atoms with van der Waals surface area (Å²) in [6, 6.07) is 5.61. The summed E-state index contributed by atoms with van der Waals surface area (Å²) in [5.41, 5.74) is 1.79. The number of rotatable bonds is 3. The third kappa shape index (κ3) is 3.83. The van der Waals surface area contributed by atoms with Gasteiger partial charge in [-0.2, -0.15) is 0 Å². The van der Waals surface area contributed by atoms with Gasteiger partial charge in [0.25, 0.3) is 0 Å². The molecule has 0 spiro atoms. The van der Waals surface area contributed by atoms with E-state index in [0.717, 1.165) is 10.0 Å². The van der Waals surface area contributed by atoms with Crippen LogP contribution in [0.4, 0.5) is 5.69 Å². The number of ketones is 1. The minimum Gasteiger partial charge on any atom is -0.325 e. The first-order valence-electron chi connectivity index (χ1n) is 4.54. The van der Waals surface area contributed by atoms with Crippen LogP contribution in [0.15, 0.2) is 22.7 Å². The SMILES string of the molecule is CC(=O)CC(=O)Nc1ccc(C)cc1Br. The van der Waals surface area contributed by atoms with Gasteiger partial charge in [0.15, 0.2) is 0 Å². The number of halogens is 1. The van der Waals surface area contributed by atoms with Crippen LogP contribution in [-0.2, 0) is 9.59 Å². The van der Waals surface area contributed by atoms with E-state index in [1.165, 1.54) is 6.92 Å². The van der Waals surface area contributed by atoms with Crippen molar-refractivity contribution >= 4 is 33.3 Å². The molecule has 0 aliphatic heterocycles. The largest absolute Gasteiger partial charge is 0.325 e. The summed E-state index contributed by atoms with van der Waals surface area (Å²) in [6.45, 7) is 3.36. The second-order valence-electron chi connectivity index (χ2n) is 3.41. The summed E-state index contributed by atoms with van der Waals surface area (Å²) in [5, 5.41) is 2.66. The van der Waals surface area contributed by atoms with E-state index in [-0.39, 0.29) is 18.1 Å². The molecule has 0 saturated carbocycles. The lowest BCUT2D eigenvalue weighted by atomic mass is 10.2. The average molecular weight is 270 g/mol. The molecule has 0 saturated heterocycles. The Kier molecular flexibility index (Phi) is 4.03. The Morgan fingerprint density at radius 3 is 2.60 bits per heavy atom. The molecule has 0 unspecified atom stereocenters. The van der Waals surface area contributed by atoms with Crippen molar-refractivity contribution in [1.82, 2.24) is 0 Å². The number of Topliss-reactive ketones (excluding diaryl/α,β-unsaturated/α-hetero) is 1. The summed E-state index contributed by atoms with van der Waals surface area (Å²) in [7, 11) is 0. The molecule has 0 bridgehead atoms. The molecule has 0 heterocycles. The third-order valence-electron chi connectivity index (χ3n) is 1.81. The highest BCUT2D eigenvalue weighted by Gasteiger charge is 2.07. The third-order valence-corrected chi connectivity index (χ3v) is 2.46. The fourth-order valence-electron chi connectivity index (χ4n) is 1.14. The van der Waals surface area contributed by atoms with Crippen molar-refractivity contribution in [2.24, 2.45) is 0 Å². The number of nitrogens with one attached hydrogen (secondary N) is 1. The normalized spacial score (nSPS) is 9.80. The van der Waals surface area contributed by atoms with Crippen molar-refractivity contribution in [1.29, 1.82) is 0 Å². The van der Waals surface area contributed by atoms with Gasteiger partial charge < -0.3 is 5.32 Å². The molecule has 4 heteroatoms. The van der Waals surface area contributed by atoms with Crippen LogP contribution >= 0.6 is 15.9 Å². The average Bonchev–Trinajstić information content (AvgIpc) is 2.08. The quantitative estimate of drug-likeness (QED) is 0.858. The highest BCUT2D eigenvalue weighted by Crippen LogP contribution is 2.23. The topological polar surface area (TPSA) is 46.2 Å². The van der Waals surface area contributed by atoms with Gasteiger partial charge >= 0.3 is 0 Å². The molecule has 1 amide bonds. The Labute approximate surface area is 97.0 Å². The highest BCUT2D eigenvalue weighted by atomic mass is 79.9. The van der Waals surface area contributed by atoms with Crippen molar-refractivity contribution < 1.29 is 9.59 Å². The summed E-state index contributed by atoms with van der Waals surface area (Å²) < 4.78 is 0.819. The molecular weight excluding hydrogens is 258 g/mol. The first-order valence-corrected chi connectivity index (χ1v) is 5.34. The monoisotopic (exact) mass is 269 g/mol. The van der Waals surface area contributed by atoms with Crippen molar-refractivity contribution in [3.8, 4) is 0 Å². The van der Waals surface area contributed by atoms with Crippen LogP contribution in [0.3, 0.4) is 0 Å². The molecule has 1 N–H and O–H groups in total. The Hall–Kier alpha value is -1.16. The van der Waals surface area contributed by atoms with E-state index < -0.39 is 0 Å². The standard InChI is InChI=1S/C11H12BrNO2/c1-7-3-4-10(9(12)5-7)13-11(15)6-8(2)14/h3-5H,6H2,1-2H3,(H,13,15). The number of hydrogen-bond donors (Lipinski definition) is 1. The fourth-order valence-corrected chi connectivity index (χ4v) is 1.73. The van der Waals surface area contributed by atoms with Gasteiger partial charge in [-0.05, 0) is 47.5 Å². The highest BCUT2D eigenvalue weighted by molar-refractivity contribution is 9.10. The first kappa shape index (κ1) is 11.9. The summed E-state index contributed by atoms with van der Waals surface area (Å²) in [4.78, 5) is 22.0. The number of hydrogen-bond acceptors (Lipinski definition) is 2. The van der Waals surface area contributed by atoms with Crippen molar-refractivity contribution in [3.05, 3.63) is 28.2 Å². The molecular formula is C11H12BrNO2. The first-order chi connectivity index (χ1) is 6.99. The van der Waals surface area contributed by atoms with E-state index in [4.69, 9.17) is 0 Å². The molecule has 0 fully saturated rings. The molecule has 15 heavy (non-hydrogen) atoms. The number of aryl methyl sites for hydroxylation is 1. The molecule has 0 aliphatic rings. The maximum Gasteiger partial charge on any atom is 0.231 e. The lowest BCUT2D eigenvalue weighted by molar-refractivity contribution is -0.124. The predicted molar refractivity (Wildman–Crippen MR) is 62.8 cm³/mol. The van der Waals surface area contributed by atoms with Crippen LogP contribution in [0, 0.1) is 6.92 Å². The van der Waals surface area contributed by atoms with Gasteiger partial charge in [-0.15, -0.1) is 0 Å². The minimum atomic E-state index is -0.285. The van der Waals surface area contributed by atoms with Crippen LogP contribution < -0.4 is 5.32 Å². The molecule has 1 aromatic carbocycles. The van der Waals surface area contributed by atoms with E-state index in [9.17, 15) is 9.59 Å². The van der Waals surface area contributed by atoms with Crippen LogP contribution in [0.5, 0.6) is 0 Å². The molecule has 3 nitrogen and oxygen atoms in total. The summed E-state index contributed by atoms with van der Waals surface area (Å²) >= 11 is 3.34. The van der Waals surface area contributed by atoms with E-state index in [0.29, 0.717) is 5.69 Å². The zero-order chi connectivity index (χ0) is 11.4. The Bertz CT molecular complexity index is 402. The minimum absolute atomic E-state index is 0.0830. The Morgan fingerprint density at radius 1 is 1.40 bits per heavy atom. The maximum atomic E-state index is 11.3. The van der Waals surface area contributed by atoms with Crippen molar-refractivity contribution in [2.45, 2.75) is 20.3 Å². The van der Waals surface area contributed by atoms with Gasteiger partial charge in [-0.25, -0.2) is 0 Å². The lowest BCUT2D eigenvalue weighted by Gasteiger charge is -2.06. The zero-order valence-electron chi connectivity index (χ0n) is 8.63. The smallest absolute Gasteiger partial charge is 0.231 e. The Morgan fingerprint density at radius 2 is 2.07 bits per heavy atom. The van der Waals surface area contributed by atoms with Gasteiger partial charge in [0.2, 0.25) is 5.91 Å². The molecule has 0 radical (unpaired) electrons. The predicted octanol–water partition coefficient (Wildman–Crippen LogP) is 2.68. The van der Waals surface area contributed by atoms with Crippen LogP contribution in [0.2, 0.25) is 0 Å². The van der Waals surface area contributed by atoms with Gasteiger partial charge in [0.05, 0.1) is 12.1 Å². The molecule has 1 aromatic rings. The number of carbonyl (C=O) groups is 2. The summed E-state index contributed by atoms with van der Waals surface area (Å²) in [5.74, 6) is -0.428. The molecule has 1 rings (SSSR count). The number of anilines is 1. The van der Waals surface area contributed by atoms with E-state index in [1.54, 1.807) is 6.07 Å². The van der Waals surface area contributed by atoms with Crippen LogP contribution in [-0.4, -0.2) is 11.7 Å². The number of carbonyl (C=O) groups excluding carboxylic acids is 2. The van der Waals surface area contributed by atoms with Crippen LogP contribution in [0.1, 0.15) is 18.9 Å². The Balaban J connectivity index is 2.72. The number of benzene rings is 1. The van der Waals surface area contributed by atoms with Gasteiger partial charge in [-0.3, -0.25) is 9.59 Å². The van der Waals surface area contributed by atoms with Crippen LogP contribution in [0.25, 0.3) is 0 Å².